The van der Waals surface area contributed by atoms with E-state index in [9.17, 15) is 0 Å². The van der Waals surface area contributed by atoms with E-state index in [4.69, 9.17) is 0 Å². The Bertz CT molecular complexity index is 695. The molecular formula is C15H13N3S2. The zero-order valence-electron chi connectivity index (χ0n) is 10.9. The van der Waals surface area contributed by atoms with Crippen LogP contribution in [0.15, 0.2) is 63.8 Å². The van der Waals surface area contributed by atoms with Crippen LogP contribution in [0.3, 0.4) is 0 Å². The molecule has 5 heteroatoms. The van der Waals surface area contributed by atoms with Crippen LogP contribution in [0.1, 0.15) is 5.69 Å². The molecule has 0 saturated heterocycles. The summed E-state index contributed by atoms with van der Waals surface area (Å²) in [5.41, 5.74) is 1.02. The molecule has 0 fully saturated rings. The van der Waals surface area contributed by atoms with Crippen LogP contribution in [0, 0.1) is 6.92 Å². The highest BCUT2D eigenvalue weighted by Crippen LogP contribution is 2.33. The van der Waals surface area contributed by atoms with Gasteiger partial charge in [-0.15, -0.1) is 11.3 Å². The quantitative estimate of drug-likeness (QED) is 0.755. The summed E-state index contributed by atoms with van der Waals surface area (Å²) in [4.78, 5) is 11.1. The maximum Gasteiger partial charge on any atom is 0.188 e. The lowest BCUT2D eigenvalue weighted by Crippen LogP contribution is -1.94. The van der Waals surface area contributed by atoms with Crippen LogP contribution >= 0.6 is 23.1 Å². The van der Waals surface area contributed by atoms with Gasteiger partial charge in [0.2, 0.25) is 0 Å². The van der Waals surface area contributed by atoms with E-state index in [-0.39, 0.29) is 0 Å². The summed E-state index contributed by atoms with van der Waals surface area (Å²) >= 11 is 3.28. The number of hydrogen-bond acceptors (Lipinski definition) is 5. The summed E-state index contributed by atoms with van der Waals surface area (Å²) < 4.78 is 0. The highest BCUT2D eigenvalue weighted by molar-refractivity contribution is 7.99. The molecule has 20 heavy (non-hydrogen) atoms. The normalized spacial score (nSPS) is 10.4. The van der Waals surface area contributed by atoms with Gasteiger partial charge in [0, 0.05) is 16.5 Å². The van der Waals surface area contributed by atoms with Crippen LogP contribution < -0.4 is 5.32 Å². The number of nitrogens with zero attached hydrogens (tertiary/aromatic N) is 2. The van der Waals surface area contributed by atoms with Crippen LogP contribution in [0.2, 0.25) is 0 Å². The van der Waals surface area contributed by atoms with Crippen molar-refractivity contribution in [2.45, 2.75) is 16.7 Å². The summed E-state index contributed by atoms with van der Waals surface area (Å²) in [5.74, 6) is 0.843. The van der Waals surface area contributed by atoms with Gasteiger partial charge in [-0.3, -0.25) is 0 Å². The Labute approximate surface area is 126 Å². The van der Waals surface area contributed by atoms with Crippen LogP contribution in [0.25, 0.3) is 0 Å². The number of anilines is 2. The molecule has 0 amide bonds. The number of hydrogen-bond donors (Lipinski definition) is 1. The summed E-state index contributed by atoms with van der Waals surface area (Å²) in [5, 5.41) is 6.18. The third-order valence-electron chi connectivity index (χ3n) is 2.59. The molecule has 3 rings (SSSR count). The first-order valence-corrected chi connectivity index (χ1v) is 7.88. The molecule has 2 aromatic heterocycles. The molecule has 3 nitrogen and oxygen atoms in total. The molecule has 0 unspecified atom stereocenters. The molecule has 1 N–H and O–H groups in total. The van der Waals surface area contributed by atoms with E-state index in [1.54, 1.807) is 29.3 Å². The van der Waals surface area contributed by atoms with Gasteiger partial charge in [-0.1, -0.05) is 30.0 Å². The zero-order chi connectivity index (χ0) is 13.8. The Morgan fingerprint density at radius 3 is 2.70 bits per heavy atom. The second kappa shape index (κ2) is 6.07. The van der Waals surface area contributed by atoms with Gasteiger partial charge in [0.05, 0.1) is 10.6 Å². The highest BCUT2D eigenvalue weighted by Gasteiger charge is 2.07. The van der Waals surface area contributed by atoms with Crippen molar-refractivity contribution in [3.8, 4) is 0 Å². The molecule has 0 radical (unpaired) electrons. The largest absolute Gasteiger partial charge is 0.315 e. The Kier molecular flexibility index (Phi) is 3.99. The first-order chi connectivity index (χ1) is 9.81. The molecule has 0 aliphatic carbocycles. The minimum atomic E-state index is 0.843. The van der Waals surface area contributed by atoms with Gasteiger partial charge in [0.15, 0.2) is 5.13 Å². The molecule has 0 atom stereocenters. The van der Waals surface area contributed by atoms with Crippen molar-refractivity contribution in [2.75, 3.05) is 5.32 Å². The van der Waals surface area contributed by atoms with Crippen LogP contribution in [-0.4, -0.2) is 9.97 Å². The summed E-state index contributed by atoms with van der Waals surface area (Å²) in [7, 11) is 0. The molecule has 0 bridgehead atoms. The highest BCUT2D eigenvalue weighted by atomic mass is 32.2. The molecule has 0 saturated carbocycles. The van der Waals surface area contributed by atoms with Crippen molar-refractivity contribution in [3.63, 3.8) is 0 Å². The van der Waals surface area contributed by atoms with Crippen LogP contribution in [-0.2, 0) is 0 Å². The van der Waals surface area contributed by atoms with E-state index in [1.807, 2.05) is 36.6 Å². The number of nitrogens with one attached hydrogen (secondary N) is 1. The van der Waals surface area contributed by atoms with E-state index < -0.39 is 0 Å². The number of benzene rings is 1. The number of aryl methyl sites for hydroxylation is 1. The van der Waals surface area contributed by atoms with E-state index in [0.717, 1.165) is 21.5 Å². The minimum Gasteiger partial charge on any atom is -0.315 e. The number of rotatable bonds is 4. The zero-order valence-corrected chi connectivity index (χ0v) is 12.5. The molecule has 0 aliphatic heterocycles. The molecule has 0 aliphatic rings. The fourth-order valence-corrected chi connectivity index (χ4v) is 3.28. The fraction of sp³-hybridized carbons (Fsp3) is 0.0667. The monoisotopic (exact) mass is 299 g/mol. The Morgan fingerprint density at radius 2 is 1.95 bits per heavy atom. The fourth-order valence-electron chi connectivity index (χ4n) is 1.69. The molecular weight excluding hydrogens is 286 g/mol. The van der Waals surface area contributed by atoms with Crippen molar-refractivity contribution in [1.29, 1.82) is 0 Å². The van der Waals surface area contributed by atoms with Crippen molar-refractivity contribution < 1.29 is 0 Å². The van der Waals surface area contributed by atoms with Gasteiger partial charge >= 0.3 is 0 Å². The van der Waals surface area contributed by atoms with Gasteiger partial charge in [-0.05, 0) is 31.2 Å². The van der Waals surface area contributed by atoms with Crippen molar-refractivity contribution >= 4 is 34.0 Å². The van der Waals surface area contributed by atoms with E-state index >= 15 is 0 Å². The lowest BCUT2D eigenvalue weighted by molar-refractivity contribution is 1.20. The average Bonchev–Trinajstić information content (AvgIpc) is 2.88. The maximum atomic E-state index is 4.41. The van der Waals surface area contributed by atoms with Crippen molar-refractivity contribution in [1.82, 2.24) is 9.97 Å². The van der Waals surface area contributed by atoms with Gasteiger partial charge < -0.3 is 5.32 Å². The third kappa shape index (κ3) is 3.18. The summed E-state index contributed by atoms with van der Waals surface area (Å²) in [6.45, 7) is 1.99. The van der Waals surface area contributed by atoms with Gasteiger partial charge in [-0.2, -0.15) is 0 Å². The summed E-state index contributed by atoms with van der Waals surface area (Å²) in [6, 6.07) is 14.3. The lowest BCUT2D eigenvalue weighted by atomic mass is 10.4. The molecule has 0 spiro atoms. The predicted molar refractivity (Wildman–Crippen MR) is 84.9 cm³/mol. The first-order valence-electron chi connectivity index (χ1n) is 6.18. The number of thiazole rings is 1. The van der Waals surface area contributed by atoms with Gasteiger partial charge in [-0.25, -0.2) is 9.97 Å². The SMILES string of the molecule is Cc1csc(Nc2ncccc2Sc2ccccc2)n1. The molecule has 100 valence electrons. The topological polar surface area (TPSA) is 37.8 Å². The molecule has 2 heterocycles. The Hall–Kier alpha value is -1.85. The van der Waals surface area contributed by atoms with Gasteiger partial charge in [0.25, 0.3) is 0 Å². The standard InChI is InChI=1S/C15H13N3S2/c1-11-10-19-15(17-11)18-14-13(8-5-9-16-14)20-12-6-3-2-4-7-12/h2-10H,1H3,(H,16,17,18). The second-order valence-electron chi connectivity index (χ2n) is 4.18. The van der Waals surface area contributed by atoms with Crippen LogP contribution in [0.4, 0.5) is 10.9 Å². The smallest absolute Gasteiger partial charge is 0.188 e. The van der Waals surface area contributed by atoms with Crippen molar-refractivity contribution in [3.05, 3.63) is 59.7 Å². The van der Waals surface area contributed by atoms with E-state index in [2.05, 4.69) is 33.5 Å². The first kappa shape index (κ1) is 13.1. The predicted octanol–water partition coefficient (Wildman–Crippen LogP) is 4.74. The Balaban J connectivity index is 1.84. The molecule has 3 aromatic rings. The van der Waals surface area contributed by atoms with E-state index in [0.29, 0.717) is 0 Å². The van der Waals surface area contributed by atoms with Crippen molar-refractivity contribution in [2.24, 2.45) is 0 Å². The maximum absolute atomic E-state index is 4.41. The lowest BCUT2D eigenvalue weighted by Gasteiger charge is -2.08. The van der Waals surface area contributed by atoms with E-state index in [1.165, 1.54) is 4.90 Å². The van der Waals surface area contributed by atoms with Crippen LogP contribution in [0.5, 0.6) is 0 Å². The second-order valence-corrected chi connectivity index (χ2v) is 6.16. The average molecular weight is 299 g/mol. The molecule has 1 aromatic carbocycles. The number of aromatic nitrogens is 2. The third-order valence-corrected chi connectivity index (χ3v) is 4.52. The Morgan fingerprint density at radius 1 is 1.10 bits per heavy atom. The summed E-state index contributed by atoms with van der Waals surface area (Å²) in [6.07, 6.45) is 1.79. The number of pyridine rings is 1. The minimum absolute atomic E-state index is 0.843. The van der Waals surface area contributed by atoms with Gasteiger partial charge in [0.1, 0.15) is 5.82 Å².